The Balaban J connectivity index is 1.74. The van der Waals surface area contributed by atoms with Gasteiger partial charge in [0.2, 0.25) is 0 Å². The molecule has 3 rings (SSSR count). The van der Waals surface area contributed by atoms with Gasteiger partial charge in [-0.05, 0) is 60.6 Å². The van der Waals surface area contributed by atoms with E-state index in [-0.39, 0.29) is 5.82 Å². The van der Waals surface area contributed by atoms with Gasteiger partial charge in [0.25, 0.3) is 0 Å². The Labute approximate surface area is 133 Å². The molecular formula is C18H19BrFN. The highest BCUT2D eigenvalue weighted by Crippen LogP contribution is 2.35. The summed E-state index contributed by atoms with van der Waals surface area (Å²) in [5, 5.41) is 3.61. The van der Waals surface area contributed by atoms with Gasteiger partial charge >= 0.3 is 0 Å². The maximum Gasteiger partial charge on any atom is 0.129 e. The van der Waals surface area contributed by atoms with Crippen LogP contribution in [-0.2, 0) is 13.0 Å². The van der Waals surface area contributed by atoms with Crippen LogP contribution in [0.15, 0.2) is 34.8 Å². The summed E-state index contributed by atoms with van der Waals surface area (Å²) in [4.78, 5) is 0. The first-order valence-electron chi connectivity index (χ1n) is 7.32. The summed E-state index contributed by atoms with van der Waals surface area (Å²) < 4.78 is 14.9. The molecule has 0 amide bonds. The lowest BCUT2D eigenvalue weighted by atomic mass is 10.0. The third kappa shape index (κ3) is 2.90. The SMILES string of the molecule is Cc1cc(CNC2CCc3c(Br)cccc32)cc(C)c1F. The molecule has 2 aromatic rings. The lowest BCUT2D eigenvalue weighted by Crippen LogP contribution is -2.19. The van der Waals surface area contributed by atoms with E-state index in [1.54, 1.807) is 0 Å². The van der Waals surface area contributed by atoms with Gasteiger partial charge in [-0.25, -0.2) is 4.39 Å². The number of rotatable bonds is 3. The standard InChI is InChI=1S/C18H19BrFN/c1-11-8-13(9-12(2)18(11)20)10-21-17-7-6-14-15(17)4-3-5-16(14)19/h3-5,8-9,17,21H,6-7,10H2,1-2H3. The van der Waals surface area contributed by atoms with Crippen LogP contribution in [0.2, 0.25) is 0 Å². The van der Waals surface area contributed by atoms with Gasteiger partial charge in [0.05, 0.1) is 0 Å². The molecule has 0 aliphatic heterocycles. The van der Waals surface area contributed by atoms with E-state index in [0.717, 1.165) is 36.1 Å². The van der Waals surface area contributed by atoms with Gasteiger partial charge in [-0.1, -0.05) is 40.2 Å². The lowest BCUT2D eigenvalue weighted by Gasteiger charge is -2.15. The highest BCUT2D eigenvalue weighted by atomic mass is 79.9. The Morgan fingerprint density at radius 2 is 1.95 bits per heavy atom. The molecule has 1 atom stereocenters. The molecule has 0 aromatic heterocycles. The van der Waals surface area contributed by atoms with E-state index in [0.29, 0.717) is 6.04 Å². The first-order valence-corrected chi connectivity index (χ1v) is 8.12. The smallest absolute Gasteiger partial charge is 0.129 e. The maximum absolute atomic E-state index is 13.7. The zero-order valence-corrected chi connectivity index (χ0v) is 13.9. The Morgan fingerprint density at radius 1 is 1.24 bits per heavy atom. The quantitative estimate of drug-likeness (QED) is 0.825. The molecule has 0 heterocycles. The molecule has 21 heavy (non-hydrogen) atoms. The third-order valence-electron chi connectivity index (χ3n) is 4.26. The van der Waals surface area contributed by atoms with Crippen molar-refractivity contribution in [2.45, 2.75) is 39.3 Å². The average molecular weight is 348 g/mol. The van der Waals surface area contributed by atoms with Crippen LogP contribution in [0.25, 0.3) is 0 Å². The van der Waals surface area contributed by atoms with Crippen molar-refractivity contribution >= 4 is 15.9 Å². The van der Waals surface area contributed by atoms with Gasteiger partial charge in [-0.2, -0.15) is 0 Å². The fourth-order valence-electron chi connectivity index (χ4n) is 3.20. The third-order valence-corrected chi connectivity index (χ3v) is 5.01. The second-order valence-corrected chi connectivity index (χ2v) is 6.68. The minimum atomic E-state index is -0.0890. The normalized spacial score (nSPS) is 17.0. The molecule has 2 aromatic carbocycles. The highest BCUT2D eigenvalue weighted by Gasteiger charge is 2.23. The van der Waals surface area contributed by atoms with Gasteiger partial charge in [0, 0.05) is 17.1 Å². The monoisotopic (exact) mass is 347 g/mol. The number of halogens is 2. The first kappa shape index (κ1) is 14.7. The summed E-state index contributed by atoms with van der Waals surface area (Å²) in [6.07, 6.45) is 2.23. The fourth-order valence-corrected chi connectivity index (χ4v) is 3.78. The maximum atomic E-state index is 13.7. The number of hydrogen-bond donors (Lipinski definition) is 1. The van der Waals surface area contributed by atoms with E-state index in [2.05, 4.69) is 39.4 Å². The summed E-state index contributed by atoms with van der Waals surface area (Å²) >= 11 is 3.63. The highest BCUT2D eigenvalue weighted by molar-refractivity contribution is 9.10. The molecule has 0 radical (unpaired) electrons. The van der Waals surface area contributed by atoms with Gasteiger partial charge in [-0.15, -0.1) is 0 Å². The average Bonchev–Trinajstić information content (AvgIpc) is 2.87. The largest absolute Gasteiger partial charge is 0.306 e. The Kier molecular flexibility index (Phi) is 4.14. The summed E-state index contributed by atoms with van der Waals surface area (Å²) in [5.74, 6) is -0.0890. The zero-order chi connectivity index (χ0) is 15.0. The predicted molar refractivity (Wildman–Crippen MR) is 87.9 cm³/mol. The predicted octanol–water partition coefficient (Wildman–Crippen LogP) is 4.98. The number of nitrogens with one attached hydrogen (secondary N) is 1. The molecule has 1 N–H and O–H groups in total. The van der Waals surface area contributed by atoms with Crippen molar-refractivity contribution in [3.8, 4) is 0 Å². The number of aryl methyl sites for hydroxylation is 2. The Hall–Kier alpha value is -1.19. The Bertz CT molecular complexity index is 658. The minimum Gasteiger partial charge on any atom is -0.306 e. The molecule has 1 nitrogen and oxygen atoms in total. The van der Waals surface area contributed by atoms with Crippen molar-refractivity contribution in [1.82, 2.24) is 5.32 Å². The van der Waals surface area contributed by atoms with Crippen LogP contribution < -0.4 is 5.32 Å². The van der Waals surface area contributed by atoms with Crippen LogP contribution in [0, 0.1) is 19.7 Å². The number of hydrogen-bond acceptors (Lipinski definition) is 1. The first-order chi connectivity index (χ1) is 10.1. The Morgan fingerprint density at radius 3 is 2.67 bits per heavy atom. The molecule has 1 aliphatic carbocycles. The van der Waals surface area contributed by atoms with E-state index in [1.807, 2.05) is 26.0 Å². The summed E-state index contributed by atoms with van der Waals surface area (Å²) in [6.45, 7) is 4.43. The van der Waals surface area contributed by atoms with Crippen LogP contribution >= 0.6 is 15.9 Å². The molecule has 0 saturated carbocycles. The minimum absolute atomic E-state index is 0.0890. The van der Waals surface area contributed by atoms with Crippen LogP contribution in [0.4, 0.5) is 4.39 Å². The molecular weight excluding hydrogens is 329 g/mol. The van der Waals surface area contributed by atoms with Crippen LogP contribution in [0.1, 0.15) is 40.3 Å². The summed E-state index contributed by atoms with van der Waals surface area (Å²) in [5.41, 5.74) is 5.40. The molecule has 1 aliphatic rings. The van der Waals surface area contributed by atoms with E-state index in [4.69, 9.17) is 0 Å². The van der Waals surface area contributed by atoms with Crippen molar-refractivity contribution in [3.63, 3.8) is 0 Å². The molecule has 3 heteroatoms. The summed E-state index contributed by atoms with van der Waals surface area (Å²) in [6, 6.07) is 10.7. The molecule has 0 saturated heterocycles. The summed E-state index contributed by atoms with van der Waals surface area (Å²) in [7, 11) is 0. The van der Waals surface area contributed by atoms with Crippen LogP contribution in [0.5, 0.6) is 0 Å². The van der Waals surface area contributed by atoms with Gasteiger partial charge < -0.3 is 5.32 Å². The van der Waals surface area contributed by atoms with Crippen molar-refractivity contribution in [3.05, 3.63) is 68.4 Å². The molecule has 0 fully saturated rings. The van der Waals surface area contributed by atoms with Crippen molar-refractivity contribution in [2.24, 2.45) is 0 Å². The topological polar surface area (TPSA) is 12.0 Å². The number of benzene rings is 2. The second kappa shape index (κ2) is 5.90. The van der Waals surface area contributed by atoms with Gasteiger partial charge in [0.1, 0.15) is 5.82 Å². The molecule has 0 bridgehead atoms. The van der Waals surface area contributed by atoms with Crippen molar-refractivity contribution < 1.29 is 4.39 Å². The molecule has 1 unspecified atom stereocenters. The lowest BCUT2D eigenvalue weighted by molar-refractivity contribution is 0.529. The second-order valence-electron chi connectivity index (χ2n) is 5.82. The van der Waals surface area contributed by atoms with E-state index in [9.17, 15) is 4.39 Å². The van der Waals surface area contributed by atoms with Gasteiger partial charge in [0.15, 0.2) is 0 Å². The van der Waals surface area contributed by atoms with Gasteiger partial charge in [-0.3, -0.25) is 0 Å². The zero-order valence-electron chi connectivity index (χ0n) is 12.3. The number of fused-ring (bicyclic) bond motifs is 1. The van der Waals surface area contributed by atoms with Crippen LogP contribution in [-0.4, -0.2) is 0 Å². The molecule has 110 valence electrons. The van der Waals surface area contributed by atoms with Crippen molar-refractivity contribution in [1.29, 1.82) is 0 Å². The van der Waals surface area contributed by atoms with E-state index >= 15 is 0 Å². The molecule has 0 spiro atoms. The van der Waals surface area contributed by atoms with Crippen LogP contribution in [0.3, 0.4) is 0 Å². The van der Waals surface area contributed by atoms with E-state index < -0.39 is 0 Å². The fraction of sp³-hybridized carbons (Fsp3) is 0.333. The van der Waals surface area contributed by atoms with Crippen molar-refractivity contribution in [2.75, 3.05) is 0 Å². The van der Waals surface area contributed by atoms with E-state index in [1.165, 1.54) is 15.6 Å².